The Morgan fingerprint density at radius 1 is 1.12 bits per heavy atom. The second kappa shape index (κ2) is 7.16. The summed E-state index contributed by atoms with van der Waals surface area (Å²) in [6, 6.07) is 18.6. The van der Waals surface area contributed by atoms with Crippen molar-refractivity contribution in [1.29, 1.82) is 5.26 Å². The number of carbonyl (C=O) groups is 1. The SMILES string of the molecule is COc1ccccc1NC(=O)c1cc(C)n(-c2ccc(C#N)cc2)c1C. The van der Waals surface area contributed by atoms with Gasteiger partial charge in [-0.15, -0.1) is 0 Å². The summed E-state index contributed by atoms with van der Waals surface area (Å²) in [6.07, 6.45) is 0. The highest BCUT2D eigenvalue weighted by Gasteiger charge is 2.18. The van der Waals surface area contributed by atoms with E-state index >= 15 is 0 Å². The molecule has 0 radical (unpaired) electrons. The van der Waals surface area contributed by atoms with Crippen molar-refractivity contribution in [2.75, 3.05) is 12.4 Å². The molecule has 0 atom stereocenters. The second-order valence-electron chi connectivity index (χ2n) is 5.93. The molecule has 0 aliphatic rings. The maximum absolute atomic E-state index is 12.8. The fourth-order valence-corrected chi connectivity index (χ4v) is 3.01. The number of ether oxygens (including phenoxy) is 1. The fourth-order valence-electron chi connectivity index (χ4n) is 3.01. The normalized spacial score (nSPS) is 10.2. The largest absolute Gasteiger partial charge is 0.495 e. The number of methoxy groups -OCH3 is 1. The summed E-state index contributed by atoms with van der Waals surface area (Å²) in [5.41, 5.74) is 4.51. The third-order valence-electron chi connectivity index (χ3n) is 4.29. The first kappa shape index (κ1) is 17.3. The van der Waals surface area contributed by atoms with E-state index in [2.05, 4.69) is 11.4 Å². The van der Waals surface area contributed by atoms with E-state index in [0.29, 0.717) is 22.6 Å². The molecule has 0 unspecified atom stereocenters. The molecule has 1 amide bonds. The molecule has 0 aliphatic heterocycles. The topological polar surface area (TPSA) is 67.0 Å². The van der Waals surface area contributed by atoms with Crippen LogP contribution in [0.4, 0.5) is 5.69 Å². The Labute approximate surface area is 152 Å². The van der Waals surface area contributed by atoms with Crippen LogP contribution in [0, 0.1) is 25.2 Å². The van der Waals surface area contributed by atoms with Crippen LogP contribution in [0.15, 0.2) is 54.6 Å². The van der Waals surface area contributed by atoms with Gasteiger partial charge >= 0.3 is 0 Å². The zero-order valence-electron chi connectivity index (χ0n) is 14.9. The molecule has 0 aliphatic carbocycles. The van der Waals surface area contributed by atoms with Gasteiger partial charge in [0.05, 0.1) is 30.0 Å². The summed E-state index contributed by atoms with van der Waals surface area (Å²) in [5.74, 6) is 0.421. The van der Waals surface area contributed by atoms with E-state index in [9.17, 15) is 4.79 Å². The molecule has 130 valence electrons. The van der Waals surface area contributed by atoms with Gasteiger partial charge in [-0.25, -0.2) is 0 Å². The number of benzene rings is 2. The van der Waals surface area contributed by atoms with E-state index < -0.39 is 0 Å². The molecule has 1 aromatic heterocycles. The summed E-state index contributed by atoms with van der Waals surface area (Å²) in [7, 11) is 1.57. The summed E-state index contributed by atoms with van der Waals surface area (Å²) in [4.78, 5) is 12.8. The highest BCUT2D eigenvalue weighted by atomic mass is 16.5. The van der Waals surface area contributed by atoms with Gasteiger partial charge < -0.3 is 14.6 Å². The van der Waals surface area contributed by atoms with E-state index in [-0.39, 0.29) is 5.91 Å². The summed E-state index contributed by atoms with van der Waals surface area (Å²) >= 11 is 0. The van der Waals surface area contributed by atoms with Crippen molar-refractivity contribution >= 4 is 11.6 Å². The van der Waals surface area contributed by atoms with Crippen LogP contribution in [0.1, 0.15) is 27.3 Å². The number of amides is 1. The van der Waals surface area contributed by atoms with Crippen LogP contribution in [-0.2, 0) is 0 Å². The molecule has 0 spiro atoms. The molecule has 5 nitrogen and oxygen atoms in total. The predicted octanol–water partition coefficient (Wildman–Crippen LogP) is 4.23. The van der Waals surface area contributed by atoms with Gasteiger partial charge in [0.25, 0.3) is 5.91 Å². The average Bonchev–Trinajstić information content (AvgIpc) is 2.96. The number of carbonyl (C=O) groups excluding carboxylic acids is 1. The Morgan fingerprint density at radius 3 is 2.46 bits per heavy atom. The van der Waals surface area contributed by atoms with E-state index in [1.54, 1.807) is 31.4 Å². The highest BCUT2D eigenvalue weighted by molar-refractivity contribution is 6.06. The molecule has 2 aromatic carbocycles. The van der Waals surface area contributed by atoms with Crippen molar-refractivity contribution in [3.8, 4) is 17.5 Å². The molecule has 26 heavy (non-hydrogen) atoms. The molecule has 1 heterocycles. The Hall–Kier alpha value is -3.52. The van der Waals surface area contributed by atoms with Crippen LogP contribution < -0.4 is 10.1 Å². The minimum Gasteiger partial charge on any atom is -0.495 e. The molecule has 0 saturated carbocycles. The lowest BCUT2D eigenvalue weighted by atomic mass is 10.2. The maximum atomic E-state index is 12.8. The van der Waals surface area contributed by atoms with Crippen LogP contribution in [0.3, 0.4) is 0 Å². The van der Waals surface area contributed by atoms with Crippen molar-refractivity contribution in [1.82, 2.24) is 4.57 Å². The van der Waals surface area contributed by atoms with Crippen molar-refractivity contribution in [2.45, 2.75) is 13.8 Å². The molecule has 0 bridgehead atoms. The smallest absolute Gasteiger partial charge is 0.257 e. The zero-order valence-corrected chi connectivity index (χ0v) is 14.9. The standard InChI is InChI=1S/C21H19N3O2/c1-14-12-18(21(25)23-19-6-4-5-7-20(19)26-3)15(2)24(14)17-10-8-16(13-22)9-11-17/h4-12H,1-3H3,(H,23,25). The fraction of sp³-hybridized carbons (Fsp3) is 0.143. The first-order valence-corrected chi connectivity index (χ1v) is 8.19. The van der Waals surface area contributed by atoms with Gasteiger partial charge in [-0.2, -0.15) is 5.26 Å². The zero-order chi connectivity index (χ0) is 18.7. The third kappa shape index (κ3) is 3.17. The van der Waals surface area contributed by atoms with Crippen LogP contribution in [-0.4, -0.2) is 17.6 Å². The third-order valence-corrected chi connectivity index (χ3v) is 4.29. The summed E-state index contributed by atoms with van der Waals surface area (Å²) in [6.45, 7) is 3.85. The van der Waals surface area contributed by atoms with Gasteiger partial charge in [0.1, 0.15) is 5.75 Å². The lowest BCUT2D eigenvalue weighted by Crippen LogP contribution is -2.13. The molecule has 0 saturated heterocycles. The van der Waals surface area contributed by atoms with Crippen molar-refractivity contribution in [2.24, 2.45) is 0 Å². The number of hydrogen-bond acceptors (Lipinski definition) is 3. The number of para-hydroxylation sites is 2. The predicted molar refractivity (Wildman–Crippen MR) is 101 cm³/mol. The van der Waals surface area contributed by atoms with Gasteiger partial charge in [-0.3, -0.25) is 4.79 Å². The number of nitrogens with zero attached hydrogens (tertiary/aromatic N) is 2. The van der Waals surface area contributed by atoms with Crippen molar-refractivity contribution in [3.05, 3.63) is 77.1 Å². The average molecular weight is 345 g/mol. The Morgan fingerprint density at radius 2 is 1.81 bits per heavy atom. The first-order chi connectivity index (χ1) is 12.5. The lowest BCUT2D eigenvalue weighted by Gasteiger charge is -2.11. The molecular formula is C21H19N3O2. The maximum Gasteiger partial charge on any atom is 0.257 e. The Bertz CT molecular complexity index is 995. The van der Waals surface area contributed by atoms with Crippen molar-refractivity contribution < 1.29 is 9.53 Å². The van der Waals surface area contributed by atoms with Crippen LogP contribution in [0.5, 0.6) is 5.75 Å². The number of nitrogens with one attached hydrogen (secondary N) is 1. The molecule has 3 aromatic rings. The van der Waals surface area contributed by atoms with Gasteiger partial charge in [-0.1, -0.05) is 12.1 Å². The quantitative estimate of drug-likeness (QED) is 0.769. The van der Waals surface area contributed by atoms with Crippen LogP contribution in [0.25, 0.3) is 5.69 Å². The number of anilines is 1. The number of rotatable bonds is 4. The van der Waals surface area contributed by atoms with E-state index in [1.165, 1.54) is 0 Å². The summed E-state index contributed by atoms with van der Waals surface area (Å²) < 4.78 is 7.28. The number of hydrogen-bond donors (Lipinski definition) is 1. The number of aryl methyl sites for hydroxylation is 1. The van der Waals surface area contributed by atoms with Gasteiger partial charge in [0.15, 0.2) is 0 Å². The van der Waals surface area contributed by atoms with Crippen molar-refractivity contribution in [3.63, 3.8) is 0 Å². The molecular weight excluding hydrogens is 326 g/mol. The van der Waals surface area contributed by atoms with E-state index in [1.807, 2.05) is 48.7 Å². The first-order valence-electron chi connectivity index (χ1n) is 8.19. The van der Waals surface area contributed by atoms with E-state index in [4.69, 9.17) is 10.00 Å². The molecule has 1 N–H and O–H groups in total. The van der Waals surface area contributed by atoms with Gasteiger partial charge in [-0.05, 0) is 56.3 Å². The van der Waals surface area contributed by atoms with Gasteiger partial charge in [0, 0.05) is 17.1 Å². The highest BCUT2D eigenvalue weighted by Crippen LogP contribution is 2.26. The summed E-state index contributed by atoms with van der Waals surface area (Å²) in [5, 5.41) is 11.9. The van der Waals surface area contributed by atoms with Gasteiger partial charge in [0.2, 0.25) is 0 Å². The lowest BCUT2D eigenvalue weighted by molar-refractivity contribution is 0.102. The monoisotopic (exact) mass is 345 g/mol. The minimum absolute atomic E-state index is 0.192. The van der Waals surface area contributed by atoms with E-state index in [0.717, 1.165) is 17.1 Å². The Kier molecular flexibility index (Phi) is 4.76. The number of aromatic nitrogens is 1. The molecule has 3 rings (SSSR count). The van der Waals surface area contributed by atoms with Crippen LogP contribution >= 0.6 is 0 Å². The number of nitriles is 1. The second-order valence-corrected chi connectivity index (χ2v) is 5.93. The minimum atomic E-state index is -0.192. The van der Waals surface area contributed by atoms with Crippen LogP contribution in [0.2, 0.25) is 0 Å². The Balaban J connectivity index is 1.94. The molecule has 5 heteroatoms. The molecule has 0 fully saturated rings.